The van der Waals surface area contributed by atoms with Gasteiger partial charge in [-0.1, -0.05) is 18.2 Å². The molecule has 0 spiro atoms. The first-order chi connectivity index (χ1) is 11.7. The molecule has 6 nitrogen and oxygen atoms in total. The number of methoxy groups -OCH3 is 2. The minimum absolute atomic E-state index is 0.393. The van der Waals surface area contributed by atoms with E-state index in [4.69, 9.17) is 9.47 Å². The molecule has 0 bridgehead atoms. The number of aliphatic imine (C=N–C) groups is 1. The number of hydrogen-bond acceptors (Lipinski definition) is 4. The number of esters is 1. The first-order valence-electron chi connectivity index (χ1n) is 8.13. The highest BCUT2D eigenvalue weighted by Crippen LogP contribution is 2.21. The minimum Gasteiger partial charge on any atom is -0.496 e. The Morgan fingerprint density at radius 1 is 1.29 bits per heavy atom. The molecule has 0 atom stereocenters. The zero-order chi connectivity index (χ0) is 17.4. The maximum Gasteiger partial charge on any atom is 0.341 e. The highest BCUT2D eigenvalue weighted by Gasteiger charge is 2.14. The molecule has 1 aliphatic rings. The summed E-state index contributed by atoms with van der Waals surface area (Å²) in [5.74, 6) is 0.859. The zero-order valence-electron chi connectivity index (χ0n) is 14.5. The van der Waals surface area contributed by atoms with Crippen molar-refractivity contribution in [3.8, 4) is 5.75 Å². The van der Waals surface area contributed by atoms with E-state index >= 15 is 0 Å². The molecule has 2 rings (SSSR count). The van der Waals surface area contributed by atoms with E-state index in [0.717, 1.165) is 30.9 Å². The lowest BCUT2D eigenvalue weighted by Crippen LogP contribution is -2.42. The molecule has 2 N–H and O–H groups in total. The number of carbonyl (C=O) groups is 1. The molecule has 24 heavy (non-hydrogen) atoms. The van der Waals surface area contributed by atoms with Crippen LogP contribution in [0.2, 0.25) is 0 Å². The van der Waals surface area contributed by atoms with Crippen LogP contribution in [0.1, 0.15) is 35.7 Å². The standard InChI is InChI=1S/C18H25N3O3/c1-4-19-18(21-14-7-5-6-8-14)20-12-13-9-10-16(23-2)15(11-13)17(22)24-3/h5-6,9-11,14H,4,7-8,12H2,1-3H3,(H2,19,20,21). The van der Waals surface area contributed by atoms with E-state index in [1.807, 2.05) is 13.0 Å². The third kappa shape index (κ3) is 4.75. The maximum absolute atomic E-state index is 11.8. The fourth-order valence-electron chi connectivity index (χ4n) is 2.54. The van der Waals surface area contributed by atoms with Gasteiger partial charge in [-0.3, -0.25) is 0 Å². The smallest absolute Gasteiger partial charge is 0.341 e. The average molecular weight is 331 g/mol. The normalized spacial score (nSPS) is 14.5. The molecule has 0 heterocycles. The lowest BCUT2D eigenvalue weighted by molar-refractivity contribution is 0.0597. The number of carbonyl (C=O) groups excluding carboxylic acids is 1. The maximum atomic E-state index is 11.8. The Bertz CT molecular complexity index is 618. The molecule has 1 aliphatic carbocycles. The Morgan fingerprint density at radius 2 is 2.04 bits per heavy atom. The number of rotatable bonds is 6. The minimum atomic E-state index is -0.417. The Morgan fingerprint density at radius 3 is 2.67 bits per heavy atom. The molecule has 130 valence electrons. The number of nitrogens with zero attached hydrogens (tertiary/aromatic N) is 1. The molecule has 0 saturated carbocycles. The van der Waals surface area contributed by atoms with Gasteiger partial charge in [0, 0.05) is 12.6 Å². The summed E-state index contributed by atoms with van der Waals surface area (Å²) in [6.07, 6.45) is 6.37. The summed E-state index contributed by atoms with van der Waals surface area (Å²) < 4.78 is 10.0. The molecule has 0 fully saturated rings. The van der Waals surface area contributed by atoms with E-state index < -0.39 is 5.97 Å². The van der Waals surface area contributed by atoms with Crippen molar-refractivity contribution in [1.29, 1.82) is 0 Å². The molecule has 6 heteroatoms. The van der Waals surface area contributed by atoms with Crippen LogP contribution in [0.15, 0.2) is 35.3 Å². The lowest BCUT2D eigenvalue weighted by atomic mass is 10.1. The van der Waals surface area contributed by atoms with Crippen LogP contribution in [0.4, 0.5) is 0 Å². The van der Waals surface area contributed by atoms with Crippen molar-refractivity contribution in [1.82, 2.24) is 10.6 Å². The summed E-state index contributed by atoms with van der Waals surface area (Å²) in [7, 11) is 2.89. The van der Waals surface area contributed by atoms with Gasteiger partial charge in [-0.2, -0.15) is 0 Å². The van der Waals surface area contributed by atoms with Crippen molar-refractivity contribution in [3.05, 3.63) is 41.5 Å². The third-order valence-corrected chi connectivity index (χ3v) is 3.78. The van der Waals surface area contributed by atoms with Crippen LogP contribution in [-0.2, 0) is 11.3 Å². The van der Waals surface area contributed by atoms with Crippen LogP contribution in [0.25, 0.3) is 0 Å². The van der Waals surface area contributed by atoms with Crippen LogP contribution < -0.4 is 15.4 Å². The van der Waals surface area contributed by atoms with Crippen molar-refractivity contribution in [3.63, 3.8) is 0 Å². The zero-order valence-corrected chi connectivity index (χ0v) is 14.5. The quantitative estimate of drug-likeness (QED) is 0.362. The van der Waals surface area contributed by atoms with Crippen molar-refractivity contribution in [2.75, 3.05) is 20.8 Å². The van der Waals surface area contributed by atoms with E-state index in [9.17, 15) is 4.79 Å². The van der Waals surface area contributed by atoms with Crippen LogP contribution in [-0.4, -0.2) is 38.7 Å². The van der Waals surface area contributed by atoms with Crippen LogP contribution >= 0.6 is 0 Å². The summed E-state index contributed by atoms with van der Waals surface area (Å²) in [4.78, 5) is 16.4. The number of ether oxygens (including phenoxy) is 2. The molecule has 0 saturated heterocycles. The van der Waals surface area contributed by atoms with E-state index in [0.29, 0.717) is 23.9 Å². The average Bonchev–Trinajstić information content (AvgIpc) is 3.12. The van der Waals surface area contributed by atoms with Gasteiger partial charge >= 0.3 is 5.97 Å². The fraction of sp³-hybridized carbons (Fsp3) is 0.444. The van der Waals surface area contributed by atoms with Crippen molar-refractivity contribution in [2.24, 2.45) is 4.99 Å². The Hall–Kier alpha value is -2.50. The summed E-state index contributed by atoms with van der Waals surface area (Å²) in [6, 6.07) is 5.81. The van der Waals surface area contributed by atoms with Crippen LogP contribution in [0, 0.1) is 0 Å². The summed E-state index contributed by atoms with van der Waals surface area (Å²) in [5, 5.41) is 6.66. The molecule has 0 aliphatic heterocycles. The Balaban J connectivity index is 2.10. The first kappa shape index (κ1) is 17.8. The molecule has 1 aromatic rings. The van der Waals surface area contributed by atoms with E-state index in [2.05, 4.69) is 27.8 Å². The number of nitrogens with one attached hydrogen (secondary N) is 2. The summed E-state index contributed by atoms with van der Waals surface area (Å²) in [5.41, 5.74) is 1.32. The van der Waals surface area contributed by atoms with Crippen LogP contribution in [0.3, 0.4) is 0 Å². The predicted molar refractivity (Wildman–Crippen MR) is 94.4 cm³/mol. The summed E-state index contributed by atoms with van der Waals surface area (Å²) in [6.45, 7) is 3.29. The monoisotopic (exact) mass is 331 g/mol. The van der Waals surface area contributed by atoms with Gasteiger partial charge in [-0.15, -0.1) is 0 Å². The second-order valence-electron chi connectivity index (χ2n) is 5.51. The van der Waals surface area contributed by atoms with Gasteiger partial charge in [0.1, 0.15) is 11.3 Å². The number of hydrogen-bond donors (Lipinski definition) is 2. The second kappa shape index (κ2) is 8.96. The third-order valence-electron chi connectivity index (χ3n) is 3.78. The molecule has 1 aromatic carbocycles. The SMILES string of the molecule is CCNC(=NCc1ccc(OC)c(C(=O)OC)c1)NC1CC=CC1. The van der Waals surface area contributed by atoms with E-state index in [-0.39, 0.29) is 0 Å². The topological polar surface area (TPSA) is 72.0 Å². The lowest BCUT2D eigenvalue weighted by Gasteiger charge is -2.16. The molecule has 0 aromatic heterocycles. The van der Waals surface area contributed by atoms with Gasteiger partial charge in [-0.25, -0.2) is 9.79 Å². The Labute approximate surface area is 142 Å². The van der Waals surface area contributed by atoms with Gasteiger partial charge in [-0.05, 0) is 37.5 Å². The fourth-order valence-corrected chi connectivity index (χ4v) is 2.54. The highest BCUT2D eigenvalue weighted by atomic mass is 16.5. The summed E-state index contributed by atoms with van der Waals surface area (Å²) >= 11 is 0. The van der Waals surface area contributed by atoms with Crippen LogP contribution in [0.5, 0.6) is 5.75 Å². The van der Waals surface area contributed by atoms with E-state index in [1.54, 1.807) is 12.1 Å². The molecule has 0 unspecified atom stereocenters. The van der Waals surface area contributed by atoms with Gasteiger partial charge in [0.15, 0.2) is 5.96 Å². The Kier molecular flexibility index (Phi) is 6.66. The van der Waals surface area contributed by atoms with E-state index in [1.165, 1.54) is 14.2 Å². The second-order valence-corrected chi connectivity index (χ2v) is 5.51. The molecular weight excluding hydrogens is 306 g/mol. The van der Waals surface area contributed by atoms with Gasteiger partial charge in [0.25, 0.3) is 0 Å². The predicted octanol–water partition coefficient (Wildman–Crippen LogP) is 2.26. The molecule has 0 radical (unpaired) electrons. The van der Waals surface area contributed by atoms with Crippen molar-refractivity contribution in [2.45, 2.75) is 32.4 Å². The van der Waals surface area contributed by atoms with Gasteiger partial charge < -0.3 is 20.1 Å². The number of guanidine groups is 1. The number of benzene rings is 1. The first-order valence-corrected chi connectivity index (χ1v) is 8.13. The highest BCUT2D eigenvalue weighted by molar-refractivity contribution is 5.92. The molecular formula is C18H25N3O3. The largest absolute Gasteiger partial charge is 0.496 e. The van der Waals surface area contributed by atoms with Crippen molar-refractivity contribution < 1.29 is 14.3 Å². The van der Waals surface area contributed by atoms with Crippen molar-refractivity contribution >= 4 is 11.9 Å². The molecule has 0 amide bonds. The van der Waals surface area contributed by atoms with Gasteiger partial charge in [0.05, 0.1) is 20.8 Å². The van der Waals surface area contributed by atoms with Gasteiger partial charge in [0.2, 0.25) is 0 Å².